The third-order valence-corrected chi connectivity index (χ3v) is 3.39. The maximum Gasteiger partial charge on any atom is 0.435 e. The number of alkyl halides is 3. The zero-order chi connectivity index (χ0) is 16.4. The molecule has 5 nitrogen and oxygen atoms in total. The lowest BCUT2D eigenvalue weighted by atomic mass is 10.2. The lowest BCUT2D eigenvalue weighted by Gasteiger charge is -2.11. The molecular weight excluding hydrogens is 313 g/mol. The molecule has 0 amide bonds. The maximum absolute atomic E-state index is 12.6. The molecule has 0 saturated carbocycles. The maximum atomic E-state index is 12.6. The Morgan fingerprint density at radius 1 is 1.35 bits per heavy atom. The van der Waals surface area contributed by atoms with Crippen LogP contribution in [0.3, 0.4) is 0 Å². The molecule has 8 heteroatoms. The first kappa shape index (κ1) is 15.5. The number of halogens is 3. The zero-order valence-electron chi connectivity index (χ0n) is 11.9. The minimum atomic E-state index is -4.51. The Morgan fingerprint density at radius 2 is 2.17 bits per heavy atom. The van der Waals surface area contributed by atoms with E-state index in [1.165, 1.54) is 18.3 Å². The van der Waals surface area contributed by atoms with Gasteiger partial charge in [-0.1, -0.05) is 6.07 Å². The second kappa shape index (κ2) is 6.04. The molecule has 1 aliphatic rings. The number of rotatable bonds is 3. The number of aromatic nitrogens is 2. The van der Waals surface area contributed by atoms with E-state index in [-0.39, 0.29) is 11.7 Å². The molecule has 0 radical (unpaired) electrons. The van der Waals surface area contributed by atoms with E-state index in [0.29, 0.717) is 25.3 Å². The van der Waals surface area contributed by atoms with Crippen molar-refractivity contribution < 1.29 is 27.4 Å². The van der Waals surface area contributed by atoms with Gasteiger partial charge in [0.05, 0.1) is 24.5 Å². The van der Waals surface area contributed by atoms with Gasteiger partial charge in [0, 0.05) is 12.6 Å². The summed E-state index contributed by atoms with van der Waals surface area (Å²) >= 11 is 0. The fraction of sp³-hybridized carbons (Fsp3) is 0.333. The van der Waals surface area contributed by atoms with E-state index in [9.17, 15) is 18.0 Å². The molecule has 0 spiro atoms. The fourth-order valence-corrected chi connectivity index (χ4v) is 2.22. The van der Waals surface area contributed by atoms with Gasteiger partial charge in [0.15, 0.2) is 5.69 Å². The summed E-state index contributed by atoms with van der Waals surface area (Å²) in [5, 5.41) is 3.48. The van der Waals surface area contributed by atoms with Crippen LogP contribution in [0.4, 0.5) is 13.2 Å². The molecule has 0 aliphatic carbocycles. The Labute approximate surface area is 129 Å². The second-order valence-electron chi connectivity index (χ2n) is 5.08. The number of benzene rings is 1. The van der Waals surface area contributed by atoms with E-state index < -0.39 is 17.8 Å². The van der Waals surface area contributed by atoms with E-state index in [0.717, 1.165) is 10.7 Å². The van der Waals surface area contributed by atoms with Crippen LogP contribution in [0.1, 0.15) is 22.5 Å². The van der Waals surface area contributed by atoms with Crippen molar-refractivity contribution in [1.82, 2.24) is 9.78 Å². The Hall–Kier alpha value is -2.35. The predicted molar refractivity (Wildman–Crippen MR) is 73.2 cm³/mol. The zero-order valence-corrected chi connectivity index (χ0v) is 11.9. The van der Waals surface area contributed by atoms with Crippen molar-refractivity contribution in [2.75, 3.05) is 13.2 Å². The number of hydrogen-bond acceptors (Lipinski definition) is 4. The van der Waals surface area contributed by atoms with Gasteiger partial charge in [0.25, 0.3) is 0 Å². The number of carbonyl (C=O) groups excluding carboxylic acids is 1. The number of ether oxygens (including phenoxy) is 2. The Balaban J connectivity index is 1.79. The lowest BCUT2D eigenvalue weighted by Crippen LogP contribution is -2.18. The minimum Gasteiger partial charge on any atom is -0.456 e. The van der Waals surface area contributed by atoms with Crippen LogP contribution in [0.25, 0.3) is 5.69 Å². The molecule has 1 unspecified atom stereocenters. The largest absolute Gasteiger partial charge is 0.456 e. The molecule has 1 aromatic heterocycles. The molecule has 0 bridgehead atoms. The molecule has 1 aromatic carbocycles. The van der Waals surface area contributed by atoms with Gasteiger partial charge in [-0.3, -0.25) is 0 Å². The Kier molecular flexibility index (Phi) is 4.08. The fourth-order valence-electron chi connectivity index (χ4n) is 2.22. The van der Waals surface area contributed by atoms with Crippen LogP contribution in [0, 0.1) is 0 Å². The van der Waals surface area contributed by atoms with Crippen LogP contribution in [0.2, 0.25) is 0 Å². The lowest BCUT2D eigenvalue weighted by molar-refractivity contribution is -0.141. The van der Waals surface area contributed by atoms with Crippen molar-refractivity contribution in [2.24, 2.45) is 0 Å². The third kappa shape index (κ3) is 3.53. The van der Waals surface area contributed by atoms with E-state index in [1.807, 2.05) is 0 Å². The number of hydrogen-bond donors (Lipinski definition) is 0. The Morgan fingerprint density at radius 3 is 2.83 bits per heavy atom. The van der Waals surface area contributed by atoms with Gasteiger partial charge in [-0.15, -0.1) is 0 Å². The summed E-state index contributed by atoms with van der Waals surface area (Å²) in [7, 11) is 0. The molecule has 1 saturated heterocycles. The molecule has 1 fully saturated rings. The highest BCUT2D eigenvalue weighted by atomic mass is 19.4. The van der Waals surface area contributed by atoms with E-state index in [4.69, 9.17) is 9.47 Å². The second-order valence-corrected chi connectivity index (χ2v) is 5.08. The van der Waals surface area contributed by atoms with Gasteiger partial charge in [-0.2, -0.15) is 18.3 Å². The van der Waals surface area contributed by atoms with Crippen molar-refractivity contribution in [1.29, 1.82) is 0 Å². The molecule has 3 rings (SSSR count). The molecular formula is C15H13F3N2O3. The van der Waals surface area contributed by atoms with Gasteiger partial charge >= 0.3 is 12.1 Å². The van der Waals surface area contributed by atoms with Gasteiger partial charge in [0.1, 0.15) is 6.10 Å². The summed E-state index contributed by atoms with van der Waals surface area (Å²) < 4.78 is 49.2. The van der Waals surface area contributed by atoms with Gasteiger partial charge < -0.3 is 9.47 Å². The van der Waals surface area contributed by atoms with Gasteiger partial charge in [-0.05, 0) is 24.3 Å². The van der Waals surface area contributed by atoms with Gasteiger partial charge in [-0.25, -0.2) is 9.48 Å². The first-order chi connectivity index (χ1) is 10.9. The number of nitrogens with zero attached hydrogens (tertiary/aromatic N) is 2. The molecule has 122 valence electrons. The minimum absolute atomic E-state index is 0.249. The summed E-state index contributed by atoms with van der Waals surface area (Å²) in [6.45, 7) is 0.908. The standard InChI is InChI=1S/C15H13F3N2O3/c16-15(17,18)13-4-6-20(19-13)11-3-1-2-10(8-11)14(21)23-12-5-7-22-9-12/h1-4,6,8,12H,5,7,9H2. The average molecular weight is 326 g/mol. The van der Waals surface area contributed by atoms with Crippen molar-refractivity contribution in [3.8, 4) is 5.69 Å². The molecule has 2 heterocycles. The van der Waals surface area contributed by atoms with Crippen LogP contribution < -0.4 is 0 Å². The monoisotopic (exact) mass is 326 g/mol. The van der Waals surface area contributed by atoms with Crippen LogP contribution in [0.15, 0.2) is 36.5 Å². The summed E-state index contributed by atoms with van der Waals surface area (Å²) in [6.07, 6.45) is -2.96. The van der Waals surface area contributed by atoms with Gasteiger partial charge in [0.2, 0.25) is 0 Å². The van der Waals surface area contributed by atoms with E-state index in [2.05, 4.69) is 5.10 Å². The highest BCUT2D eigenvalue weighted by Gasteiger charge is 2.33. The predicted octanol–water partition coefficient (Wildman–Crippen LogP) is 2.84. The van der Waals surface area contributed by atoms with Crippen LogP contribution in [0.5, 0.6) is 0 Å². The smallest absolute Gasteiger partial charge is 0.435 e. The summed E-state index contributed by atoms with van der Waals surface area (Å²) in [5.41, 5.74) is -0.398. The first-order valence-electron chi connectivity index (χ1n) is 6.95. The first-order valence-corrected chi connectivity index (χ1v) is 6.95. The van der Waals surface area contributed by atoms with Crippen molar-refractivity contribution in [3.05, 3.63) is 47.8 Å². The molecule has 23 heavy (non-hydrogen) atoms. The van der Waals surface area contributed by atoms with E-state index >= 15 is 0 Å². The number of esters is 1. The van der Waals surface area contributed by atoms with Crippen molar-refractivity contribution in [3.63, 3.8) is 0 Å². The van der Waals surface area contributed by atoms with Crippen LogP contribution in [-0.2, 0) is 15.7 Å². The quantitative estimate of drug-likeness (QED) is 0.814. The topological polar surface area (TPSA) is 53.4 Å². The highest BCUT2D eigenvalue weighted by molar-refractivity contribution is 5.90. The molecule has 0 N–H and O–H groups in total. The summed E-state index contributed by atoms with van der Waals surface area (Å²) in [4.78, 5) is 12.1. The van der Waals surface area contributed by atoms with Crippen LogP contribution >= 0.6 is 0 Å². The average Bonchev–Trinajstić information content (AvgIpc) is 3.18. The van der Waals surface area contributed by atoms with Crippen LogP contribution in [-0.4, -0.2) is 35.1 Å². The third-order valence-electron chi connectivity index (χ3n) is 3.39. The normalized spacial score (nSPS) is 18.1. The van der Waals surface area contributed by atoms with Crippen molar-refractivity contribution >= 4 is 5.97 Å². The molecule has 2 aromatic rings. The van der Waals surface area contributed by atoms with Crippen molar-refractivity contribution in [2.45, 2.75) is 18.7 Å². The molecule has 1 aliphatic heterocycles. The summed E-state index contributed by atoms with van der Waals surface area (Å²) in [5.74, 6) is -0.537. The highest BCUT2D eigenvalue weighted by Crippen LogP contribution is 2.28. The SMILES string of the molecule is O=C(OC1CCOC1)c1cccc(-n2ccc(C(F)(F)F)n2)c1. The number of carbonyl (C=O) groups is 1. The Bertz CT molecular complexity index is 706. The van der Waals surface area contributed by atoms with E-state index in [1.54, 1.807) is 12.1 Å². The summed E-state index contributed by atoms with van der Waals surface area (Å²) in [6, 6.07) is 6.97. The molecule has 1 atom stereocenters.